The van der Waals surface area contributed by atoms with Crippen LogP contribution in [0.3, 0.4) is 0 Å². The van der Waals surface area contributed by atoms with Gasteiger partial charge in [0.05, 0.1) is 10.0 Å². The molecule has 0 heterocycles. The van der Waals surface area contributed by atoms with Gasteiger partial charge < -0.3 is 0 Å². The summed E-state index contributed by atoms with van der Waals surface area (Å²) < 4.78 is 0. The fourth-order valence-corrected chi connectivity index (χ4v) is 1.59. The van der Waals surface area contributed by atoms with Crippen LogP contribution in [0.5, 0.6) is 0 Å². The summed E-state index contributed by atoms with van der Waals surface area (Å²) in [6, 6.07) is 5.74. The lowest BCUT2D eigenvalue weighted by Gasteiger charge is -2.08. The molecule has 1 aromatic rings. The van der Waals surface area contributed by atoms with Crippen LogP contribution in [0.4, 0.5) is 0 Å². The van der Waals surface area contributed by atoms with Crippen molar-refractivity contribution < 1.29 is 0 Å². The van der Waals surface area contributed by atoms with Crippen molar-refractivity contribution in [2.45, 2.75) is 12.8 Å². The molecule has 1 rings (SSSR count). The molecule has 0 radical (unpaired) electrons. The topological polar surface area (TPSA) is 0 Å². The highest BCUT2D eigenvalue weighted by atomic mass is 79.9. The Bertz CT molecular complexity index is 273. The fraction of sp³-hybridized carbons (Fsp3) is 0.333. The number of benzene rings is 1. The predicted molar refractivity (Wildman–Crippen MR) is 58.7 cm³/mol. The van der Waals surface area contributed by atoms with Gasteiger partial charge in [0.15, 0.2) is 0 Å². The number of halogens is 3. The van der Waals surface area contributed by atoms with Crippen LogP contribution >= 0.6 is 39.1 Å². The van der Waals surface area contributed by atoms with Crippen LogP contribution in [-0.2, 0) is 0 Å². The highest BCUT2D eigenvalue weighted by Gasteiger charge is 2.05. The quantitative estimate of drug-likeness (QED) is 0.693. The van der Waals surface area contributed by atoms with E-state index >= 15 is 0 Å². The van der Waals surface area contributed by atoms with Crippen molar-refractivity contribution in [1.29, 1.82) is 0 Å². The van der Waals surface area contributed by atoms with Crippen LogP contribution in [0, 0.1) is 0 Å². The van der Waals surface area contributed by atoms with Gasteiger partial charge in [-0.2, -0.15) is 0 Å². The second kappa shape index (κ2) is 4.50. The molecule has 66 valence electrons. The first-order valence-corrected chi connectivity index (χ1v) is 5.53. The van der Waals surface area contributed by atoms with E-state index in [1.54, 1.807) is 0 Å². The Hall–Kier alpha value is 0.280. The van der Waals surface area contributed by atoms with Gasteiger partial charge in [-0.15, -0.1) is 0 Å². The van der Waals surface area contributed by atoms with Gasteiger partial charge in [-0.3, -0.25) is 0 Å². The molecule has 0 fully saturated rings. The van der Waals surface area contributed by atoms with E-state index in [2.05, 4.69) is 22.9 Å². The average molecular weight is 268 g/mol. The van der Waals surface area contributed by atoms with Crippen molar-refractivity contribution in [2.24, 2.45) is 0 Å². The summed E-state index contributed by atoms with van der Waals surface area (Å²) in [5, 5.41) is 2.18. The third kappa shape index (κ3) is 2.38. The zero-order valence-electron chi connectivity index (χ0n) is 6.65. The van der Waals surface area contributed by atoms with E-state index < -0.39 is 0 Å². The van der Waals surface area contributed by atoms with Crippen molar-refractivity contribution in [1.82, 2.24) is 0 Å². The molecular weight excluding hydrogens is 259 g/mol. The molecule has 0 amide bonds. The zero-order valence-corrected chi connectivity index (χ0v) is 9.75. The molecule has 12 heavy (non-hydrogen) atoms. The first-order valence-electron chi connectivity index (χ1n) is 3.66. The van der Waals surface area contributed by atoms with Gasteiger partial charge in [0.1, 0.15) is 0 Å². The van der Waals surface area contributed by atoms with E-state index in [9.17, 15) is 0 Å². The maximum atomic E-state index is 5.87. The summed E-state index contributed by atoms with van der Waals surface area (Å²) in [4.78, 5) is 0. The average Bonchev–Trinajstić information content (AvgIpc) is 2.08. The molecule has 0 aromatic heterocycles. The van der Waals surface area contributed by atoms with Crippen molar-refractivity contribution in [3.63, 3.8) is 0 Å². The first kappa shape index (κ1) is 10.4. The van der Waals surface area contributed by atoms with Gasteiger partial charge in [0, 0.05) is 5.33 Å². The smallest absolute Gasteiger partial charge is 0.0595 e. The van der Waals surface area contributed by atoms with Gasteiger partial charge in [0.25, 0.3) is 0 Å². The molecule has 0 aliphatic rings. The molecule has 1 atom stereocenters. The Morgan fingerprint density at radius 2 is 2.00 bits per heavy atom. The summed E-state index contributed by atoms with van der Waals surface area (Å²) in [5.41, 5.74) is 1.21. The molecular formula is C9H9BrCl2. The lowest BCUT2D eigenvalue weighted by Crippen LogP contribution is -1.93. The largest absolute Gasteiger partial charge is 0.0922 e. The summed E-state index contributed by atoms with van der Waals surface area (Å²) in [6.07, 6.45) is 0. The minimum atomic E-state index is 0.472. The minimum absolute atomic E-state index is 0.472. The number of alkyl halides is 1. The van der Waals surface area contributed by atoms with E-state index in [-0.39, 0.29) is 0 Å². The molecule has 0 N–H and O–H groups in total. The van der Waals surface area contributed by atoms with E-state index in [1.807, 2.05) is 18.2 Å². The Morgan fingerprint density at radius 3 is 2.50 bits per heavy atom. The van der Waals surface area contributed by atoms with Crippen LogP contribution in [-0.4, -0.2) is 5.33 Å². The standard InChI is InChI=1S/C9H9BrCl2/c1-6(5-10)7-2-3-8(11)9(12)4-7/h2-4,6H,5H2,1H3. The van der Waals surface area contributed by atoms with Gasteiger partial charge in [-0.1, -0.05) is 52.1 Å². The zero-order chi connectivity index (χ0) is 9.14. The van der Waals surface area contributed by atoms with Gasteiger partial charge >= 0.3 is 0 Å². The first-order chi connectivity index (χ1) is 5.65. The highest BCUT2D eigenvalue weighted by Crippen LogP contribution is 2.26. The van der Waals surface area contributed by atoms with Crippen LogP contribution in [0.25, 0.3) is 0 Å². The normalized spacial score (nSPS) is 13.0. The molecule has 0 saturated heterocycles. The van der Waals surface area contributed by atoms with Crippen LogP contribution < -0.4 is 0 Å². The van der Waals surface area contributed by atoms with Gasteiger partial charge in [-0.25, -0.2) is 0 Å². The van der Waals surface area contributed by atoms with E-state index in [0.717, 1.165) is 5.33 Å². The van der Waals surface area contributed by atoms with Crippen molar-refractivity contribution in [3.05, 3.63) is 33.8 Å². The Kier molecular flexibility index (Phi) is 3.88. The summed E-state index contributed by atoms with van der Waals surface area (Å²) in [7, 11) is 0. The van der Waals surface area contributed by atoms with E-state index in [0.29, 0.717) is 16.0 Å². The number of hydrogen-bond acceptors (Lipinski definition) is 0. The minimum Gasteiger partial charge on any atom is -0.0922 e. The Balaban J connectivity index is 2.96. The predicted octanol–water partition coefficient (Wildman–Crippen LogP) is 4.49. The molecule has 0 saturated carbocycles. The monoisotopic (exact) mass is 266 g/mol. The maximum Gasteiger partial charge on any atom is 0.0595 e. The second-order valence-corrected chi connectivity index (χ2v) is 4.19. The molecule has 0 bridgehead atoms. The van der Waals surface area contributed by atoms with Gasteiger partial charge in [-0.05, 0) is 23.6 Å². The molecule has 1 unspecified atom stereocenters. The van der Waals surface area contributed by atoms with Crippen LogP contribution in [0.15, 0.2) is 18.2 Å². The molecule has 0 aliphatic carbocycles. The molecule has 0 nitrogen and oxygen atoms in total. The van der Waals surface area contributed by atoms with Crippen molar-refractivity contribution >= 4 is 39.1 Å². The Morgan fingerprint density at radius 1 is 1.33 bits per heavy atom. The fourth-order valence-electron chi connectivity index (χ4n) is 0.908. The van der Waals surface area contributed by atoms with Gasteiger partial charge in [0.2, 0.25) is 0 Å². The lowest BCUT2D eigenvalue weighted by atomic mass is 10.0. The Labute approximate surface area is 91.0 Å². The third-order valence-electron chi connectivity index (χ3n) is 1.74. The second-order valence-electron chi connectivity index (χ2n) is 2.73. The molecule has 1 aromatic carbocycles. The van der Waals surface area contributed by atoms with E-state index in [1.165, 1.54) is 5.56 Å². The maximum absolute atomic E-state index is 5.87. The molecule has 0 spiro atoms. The van der Waals surface area contributed by atoms with E-state index in [4.69, 9.17) is 23.2 Å². The van der Waals surface area contributed by atoms with Crippen LogP contribution in [0.1, 0.15) is 18.4 Å². The van der Waals surface area contributed by atoms with Crippen molar-refractivity contribution in [2.75, 3.05) is 5.33 Å². The molecule has 0 aliphatic heterocycles. The summed E-state index contributed by atoms with van der Waals surface area (Å²) in [5.74, 6) is 0.472. The van der Waals surface area contributed by atoms with Crippen molar-refractivity contribution in [3.8, 4) is 0 Å². The number of rotatable bonds is 2. The number of hydrogen-bond donors (Lipinski definition) is 0. The van der Waals surface area contributed by atoms with Crippen LogP contribution in [0.2, 0.25) is 10.0 Å². The highest BCUT2D eigenvalue weighted by molar-refractivity contribution is 9.09. The summed E-state index contributed by atoms with van der Waals surface area (Å²) in [6.45, 7) is 2.13. The SMILES string of the molecule is CC(CBr)c1ccc(Cl)c(Cl)c1. The summed E-state index contributed by atoms with van der Waals surface area (Å²) >= 11 is 15.1. The molecule has 3 heteroatoms. The third-order valence-corrected chi connectivity index (χ3v) is 3.45. The lowest BCUT2D eigenvalue weighted by molar-refractivity contribution is 0.888.